The van der Waals surface area contributed by atoms with Crippen molar-refractivity contribution in [3.63, 3.8) is 0 Å². The van der Waals surface area contributed by atoms with Crippen molar-refractivity contribution >= 4 is 27.5 Å². The lowest BCUT2D eigenvalue weighted by atomic mass is 10.1. The first-order chi connectivity index (χ1) is 8.85. The number of amides is 1. The van der Waals surface area contributed by atoms with Crippen molar-refractivity contribution in [2.24, 2.45) is 0 Å². The summed E-state index contributed by atoms with van der Waals surface area (Å²) in [6.07, 6.45) is 0. The van der Waals surface area contributed by atoms with Gasteiger partial charge in [0.25, 0.3) is 5.91 Å². The predicted octanol–water partition coefficient (Wildman–Crippen LogP) is 2.79. The second kappa shape index (κ2) is 5.51. The Morgan fingerprint density at radius 1 is 1.42 bits per heavy atom. The summed E-state index contributed by atoms with van der Waals surface area (Å²) < 4.78 is 6.63. The number of carbonyl (C=O) groups excluding carboxylic acids is 1. The van der Waals surface area contributed by atoms with Gasteiger partial charge < -0.3 is 15.4 Å². The maximum atomic E-state index is 12.2. The number of anilines is 1. The van der Waals surface area contributed by atoms with E-state index in [2.05, 4.69) is 26.6 Å². The summed E-state index contributed by atoms with van der Waals surface area (Å²) >= 11 is 3.38. The number of fused-ring (bicyclic) bond motifs is 1. The molecule has 0 saturated carbocycles. The summed E-state index contributed by atoms with van der Waals surface area (Å²) in [5.74, 6) is -0.0659. The molecule has 5 heteroatoms. The van der Waals surface area contributed by atoms with Crippen LogP contribution < -0.4 is 10.6 Å². The van der Waals surface area contributed by atoms with E-state index in [4.69, 9.17) is 4.74 Å². The lowest BCUT2D eigenvalue weighted by molar-refractivity contribution is -0.0122. The molecule has 1 aliphatic heterocycles. The molecule has 0 aliphatic carbocycles. The van der Waals surface area contributed by atoms with E-state index in [9.17, 15) is 4.79 Å². The number of ether oxygens (including phenoxy) is 1. The molecule has 19 heavy (non-hydrogen) atoms. The fraction of sp³-hybridized carbons (Fsp3) is 0.500. The zero-order valence-corrected chi connectivity index (χ0v) is 13.0. The second-order valence-electron chi connectivity index (χ2n) is 5.66. The third-order valence-electron chi connectivity index (χ3n) is 2.82. The Morgan fingerprint density at radius 2 is 2.16 bits per heavy atom. The van der Waals surface area contributed by atoms with Crippen molar-refractivity contribution in [2.75, 3.05) is 18.5 Å². The van der Waals surface area contributed by atoms with Crippen LogP contribution >= 0.6 is 15.9 Å². The lowest BCUT2D eigenvalue weighted by Crippen LogP contribution is -2.42. The summed E-state index contributed by atoms with van der Waals surface area (Å²) in [6.45, 7) is 7.17. The molecular weight excluding hydrogens is 308 g/mol. The van der Waals surface area contributed by atoms with E-state index >= 15 is 0 Å². The standard InChI is InChI=1S/C14H19BrN2O2/c1-14(2,3)19-8-10-7-16-12-5-4-9(15)6-11(12)13(18)17-10/h4-6,10,16H,7-8H2,1-3H3,(H,17,18). The first-order valence-corrected chi connectivity index (χ1v) is 7.13. The monoisotopic (exact) mass is 326 g/mol. The zero-order valence-electron chi connectivity index (χ0n) is 11.4. The molecule has 1 aromatic rings. The minimum Gasteiger partial charge on any atom is -0.382 e. The average Bonchev–Trinajstić information content (AvgIpc) is 2.46. The van der Waals surface area contributed by atoms with E-state index in [1.807, 2.05) is 39.0 Å². The van der Waals surface area contributed by atoms with Gasteiger partial charge in [0.15, 0.2) is 0 Å². The van der Waals surface area contributed by atoms with Gasteiger partial charge in [-0.1, -0.05) is 15.9 Å². The van der Waals surface area contributed by atoms with E-state index in [0.717, 1.165) is 10.2 Å². The number of halogens is 1. The second-order valence-corrected chi connectivity index (χ2v) is 6.58. The van der Waals surface area contributed by atoms with Gasteiger partial charge >= 0.3 is 0 Å². The summed E-state index contributed by atoms with van der Waals surface area (Å²) in [4.78, 5) is 12.2. The molecule has 0 spiro atoms. The maximum absolute atomic E-state index is 12.2. The van der Waals surface area contributed by atoms with Gasteiger partial charge in [0.2, 0.25) is 0 Å². The normalized spacial score (nSPS) is 19.2. The molecule has 0 radical (unpaired) electrons. The molecule has 0 bridgehead atoms. The molecule has 0 saturated heterocycles. The fourth-order valence-electron chi connectivity index (χ4n) is 1.86. The Kier molecular flexibility index (Phi) is 4.16. The van der Waals surface area contributed by atoms with Crippen LogP contribution in [0.25, 0.3) is 0 Å². The molecule has 1 heterocycles. The number of hydrogen-bond acceptors (Lipinski definition) is 3. The number of hydrogen-bond donors (Lipinski definition) is 2. The maximum Gasteiger partial charge on any atom is 0.253 e. The van der Waals surface area contributed by atoms with Crippen LogP contribution in [-0.2, 0) is 4.74 Å². The van der Waals surface area contributed by atoms with Crippen molar-refractivity contribution in [3.05, 3.63) is 28.2 Å². The van der Waals surface area contributed by atoms with Gasteiger partial charge in [0.05, 0.1) is 23.8 Å². The van der Waals surface area contributed by atoms with Gasteiger partial charge in [0.1, 0.15) is 0 Å². The number of carbonyl (C=O) groups is 1. The SMILES string of the molecule is CC(C)(C)OCC1CNc2ccc(Br)cc2C(=O)N1. The average molecular weight is 327 g/mol. The number of nitrogens with one attached hydrogen (secondary N) is 2. The first-order valence-electron chi connectivity index (χ1n) is 6.33. The van der Waals surface area contributed by atoms with Crippen molar-refractivity contribution in [1.29, 1.82) is 0 Å². The smallest absolute Gasteiger partial charge is 0.253 e. The summed E-state index contributed by atoms with van der Waals surface area (Å²) in [7, 11) is 0. The zero-order chi connectivity index (χ0) is 14.0. The first kappa shape index (κ1) is 14.3. The molecule has 1 amide bonds. The molecule has 4 nitrogen and oxygen atoms in total. The van der Waals surface area contributed by atoms with Gasteiger partial charge in [0, 0.05) is 16.7 Å². The minimum atomic E-state index is -0.201. The van der Waals surface area contributed by atoms with E-state index in [1.165, 1.54) is 0 Å². The topological polar surface area (TPSA) is 50.4 Å². The van der Waals surface area contributed by atoms with Gasteiger partial charge in [-0.25, -0.2) is 0 Å². The molecule has 1 atom stereocenters. The van der Waals surface area contributed by atoms with Crippen LogP contribution in [0.5, 0.6) is 0 Å². The van der Waals surface area contributed by atoms with Crippen LogP contribution in [0.15, 0.2) is 22.7 Å². The molecule has 0 aromatic heterocycles. The van der Waals surface area contributed by atoms with Crippen LogP contribution in [0.4, 0.5) is 5.69 Å². The molecule has 104 valence electrons. The van der Waals surface area contributed by atoms with Crippen LogP contribution in [0.3, 0.4) is 0 Å². The van der Waals surface area contributed by atoms with Crippen molar-refractivity contribution in [2.45, 2.75) is 32.4 Å². The lowest BCUT2D eigenvalue weighted by Gasteiger charge is -2.24. The Morgan fingerprint density at radius 3 is 2.84 bits per heavy atom. The number of benzene rings is 1. The highest BCUT2D eigenvalue weighted by molar-refractivity contribution is 9.10. The largest absolute Gasteiger partial charge is 0.382 e. The summed E-state index contributed by atoms with van der Waals surface area (Å²) in [5.41, 5.74) is 1.32. The van der Waals surface area contributed by atoms with Gasteiger partial charge in [-0.2, -0.15) is 0 Å². The molecule has 1 aliphatic rings. The molecule has 1 aromatic carbocycles. The van der Waals surface area contributed by atoms with Crippen molar-refractivity contribution in [1.82, 2.24) is 5.32 Å². The van der Waals surface area contributed by atoms with Crippen LogP contribution in [-0.4, -0.2) is 30.7 Å². The Hall–Kier alpha value is -1.07. The Bertz CT molecular complexity index is 483. The fourth-order valence-corrected chi connectivity index (χ4v) is 2.22. The van der Waals surface area contributed by atoms with Gasteiger partial charge in [-0.05, 0) is 39.0 Å². The minimum absolute atomic E-state index is 0.0297. The molecule has 1 unspecified atom stereocenters. The van der Waals surface area contributed by atoms with E-state index in [0.29, 0.717) is 18.7 Å². The Balaban J connectivity index is 2.08. The van der Waals surface area contributed by atoms with Gasteiger partial charge in [-0.15, -0.1) is 0 Å². The highest BCUT2D eigenvalue weighted by Crippen LogP contribution is 2.23. The molecule has 2 rings (SSSR count). The third-order valence-corrected chi connectivity index (χ3v) is 3.31. The summed E-state index contributed by atoms with van der Waals surface area (Å²) in [5, 5.41) is 6.27. The molecule has 0 fully saturated rings. The number of rotatable bonds is 2. The third kappa shape index (κ3) is 3.94. The van der Waals surface area contributed by atoms with Crippen molar-refractivity contribution in [3.8, 4) is 0 Å². The van der Waals surface area contributed by atoms with Crippen LogP contribution in [0.2, 0.25) is 0 Å². The predicted molar refractivity (Wildman–Crippen MR) is 79.6 cm³/mol. The van der Waals surface area contributed by atoms with E-state index in [1.54, 1.807) is 0 Å². The molecular formula is C14H19BrN2O2. The highest BCUT2D eigenvalue weighted by atomic mass is 79.9. The highest BCUT2D eigenvalue weighted by Gasteiger charge is 2.23. The van der Waals surface area contributed by atoms with E-state index < -0.39 is 0 Å². The van der Waals surface area contributed by atoms with Gasteiger partial charge in [-0.3, -0.25) is 4.79 Å². The van der Waals surface area contributed by atoms with Crippen LogP contribution in [0.1, 0.15) is 31.1 Å². The van der Waals surface area contributed by atoms with Crippen molar-refractivity contribution < 1.29 is 9.53 Å². The summed E-state index contributed by atoms with van der Waals surface area (Å²) in [6, 6.07) is 5.62. The van der Waals surface area contributed by atoms with Crippen LogP contribution in [0, 0.1) is 0 Å². The quantitative estimate of drug-likeness (QED) is 0.878. The van der Waals surface area contributed by atoms with E-state index in [-0.39, 0.29) is 17.6 Å². The Labute approximate surface area is 122 Å². The molecule has 2 N–H and O–H groups in total.